The smallest absolute Gasteiger partial charge is 0.374 e. The van der Waals surface area contributed by atoms with E-state index in [1.807, 2.05) is 6.92 Å². The molecule has 3 aliphatic rings. The number of rotatable bonds is 3. The van der Waals surface area contributed by atoms with Gasteiger partial charge in [-0.2, -0.15) is 0 Å². The van der Waals surface area contributed by atoms with Crippen molar-refractivity contribution in [3.8, 4) is 17.2 Å². The molecule has 144 valence electrons. The van der Waals surface area contributed by atoms with Crippen molar-refractivity contribution in [1.29, 1.82) is 0 Å². The number of allylic oxidation sites excluding steroid dienone is 2. The largest absolute Gasteiger partial charge is 0.496 e. The summed E-state index contributed by atoms with van der Waals surface area (Å²) in [6, 6.07) is 1.76. The van der Waals surface area contributed by atoms with Crippen LogP contribution >= 0.6 is 0 Å². The molecule has 27 heavy (non-hydrogen) atoms. The van der Waals surface area contributed by atoms with Gasteiger partial charge in [0.05, 0.1) is 24.9 Å². The van der Waals surface area contributed by atoms with E-state index in [0.29, 0.717) is 34.8 Å². The lowest BCUT2D eigenvalue weighted by atomic mass is 9.74. The fourth-order valence-corrected chi connectivity index (χ4v) is 4.40. The Kier molecular flexibility index (Phi) is 4.18. The molecule has 0 spiro atoms. The molecule has 1 aromatic rings. The van der Waals surface area contributed by atoms with Crippen molar-refractivity contribution in [2.75, 3.05) is 13.7 Å². The molecule has 1 saturated carbocycles. The highest BCUT2D eigenvalue weighted by Gasteiger charge is 2.50. The Hall–Kier alpha value is -2.47. The van der Waals surface area contributed by atoms with E-state index in [4.69, 9.17) is 18.9 Å². The minimum Gasteiger partial charge on any atom is -0.496 e. The summed E-state index contributed by atoms with van der Waals surface area (Å²) in [5.41, 5.74) is 1.36. The van der Waals surface area contributed by atoms with Crippen molar-refractivity contribution in [2.45, 2.75) is 50.7 Å². The molecule has 1 fully saturated rings. The maximum atomic E-state index is 12.1. The fourth-order valence-electron chi connectivity index (χ4n) is 4.40. The Balaban J connectivity index is 1.80. The molecule has 2 aliphatic heterocycles. The number of fused-ring (bicyclic) bond motifs is 4. The monoisotopic (exact) mass is 372 g/mol. The molecule has 6 nitrogen and oxygen atoms in total. The Morgan fingerprint density at radius 1 is 1.44 bits per heavy atom. The van der Waals surface area contributed by atoms with Crippen LogP contribution in [0.25, 0.3) is 5.57 Å². The van der Waals surface area contributed by atoms with Crippen LogP contribution in [0, 0.1) is 0 Å². The molecule has 1 N–H and O–H groups in total. The van der Waals surface area contributed by atoms with Gasteiger partial charge in [-0.1, -0.05) is 6.58 Å². The van der Waals surface area contributed by atoms with Gasteiger partial charge in [0.15, 0.2) is 0 Å². The molecule has 3 atom stereocenters. The van der Waals surface area contributed by atoms with E-state index in [2.05, 4.69) is 6.58 Å². The van der Waals surface area contributed by atoms with Gasteiger partial charge >= 0.3 is 5.97 Å². The van der Waals surface area contributed by atoms with Crippen molar-refractivity contribution in [1.82, 2.24) is 0 Å². The van der Waals surface area contributed by atoms with E-state index in [0.717, 1.165) is 18.4 Å². The molecule has 1 aliphatic carbocycles. The minimum absolute atomic E-state index is 0.0484. The van der Waals surface area contributed by atoms with Gasteiger partial charge in [0.1, 0.15) is 23.4 Å². The predicted octanol–water partition coefficient (Wildman–Crippen LogP) is 3.33. The Morgan fingerprint density at radius 3 is 2.93 bits per heavy atom. The highest BCUT2D eigenvalue weighted by Crippen LogP contribution is 2.56. The van der Waals surface area contributed by atoms with Crippen molar-refractivity contribution in [3.05, 3.63) is 35.6 Å². The highest BCUT2D eigenvalue weighted by atomic mass is 16.6. The molecule has 0 saturated heterocycles. The molecule has 1 aromatic carbocycles. The number of carbonyl (C=O) groups is 1. The third-order valence-electron chi connectivity index (χ3n) is 5.57. The molecule has 0 unspecified atom stereocenters. The van der Waals surface area contributed by atoms with Crippen LogP contribution < -0.4 is 14.2 Å². The van der Waals surface area contributed by atoms with E-state index in [1.54, 1.807) is 26.2 Å². The number of methoxy groups -OCH3 is 1. The van der Waals surface area contributed by atoms with Crippen LogP contribution in [0.5, 0.6) is 17.2 Å². The van der Waals surface area contributed by atoms with Crippen molar-refractivity contribution in [3.63, 3.8) is 0 Å². The molecular formula is C21H24O6. The number of carbonyl (C=O) groups excluding carboxylic acids is 1. The van der Waals surface area contributed by atoms with Crippen molar-refractivity contribution in [2.24, 2.45) is 0 Å². The predicted molar refractivity (Wildman–Crippen MR) is 99.0 cm³/mol. The number of aliphatic hydroxyl groups is 1. The van der Waals surface area contributed by atoms with Gasteiger partial charge in [0.2, 0.25) is 5.76 Å². The molecular weight excluding hydrogens is 348 g/mol. The summed E-state index contributed by atoms with van der Waals surface area (Å²) in [6.45, 7) is 7.89. The normalized spacial score (nSPS) is 28.1. The molecule has 0 aromatic heterocycles. The molecule has 0 bridgehead atoms. The number of esters is 1. The third kappa shape index (κ3) is 2.70. The second-order valence-electron chi connectivity index (χ2n) is 7.45. The van der Waals surface area contributed by atoms with Crippen LogP contribution in [0.2, 0.25) is 0 Å². The van der Waals surface area contributed by atoms with E-state index in [1.165, 1.54) is 0 Å². The number of benzene rings is 1. The van der Waals surface area contributed by atoms with Crippen LogP contribution in [-0.2, 0) is 9.53 Å². The second kappa shape index (κ2) is 6.30. The SMILES string of the molecule is C=C1C=C(C(=O)OCC)Oc2cc3c(c(OC)c21)[C@@H]1CCC[C@@](C)(O)[C@H]1O3. The molecule has 0 radical (unpaired) electrons. The minimum atomic E-state index is -0.903. The van der Waals surface area contributed by atoms with E-state index in [9.17, 15) is 9.90 Å². The summed E-state index contributed by atoms with van der Waals surface area (Å²) in [5.74, 6) is 1.30. The second-order valence-corrected chi connectivity index (χ2v) is 7.45. The molecule has 4 rings (SSSR count). The Bertz CT molecular complexity index is 851. The first-order chi connectivity index (χ1) is 12.9. The quantitative estimate of drug-likeness (QED) is 0.821. The van der Waals surface area contributed by atoms with Crippen LogP contribution in [0.1, 0.15) is 50.2 Å². The van der Waals surface area contributed by atoms with Gasteiger partial charge in [0, 0.05) is 17.5 Å². The summed E-state index contributed by atoms with van der Waals surface area (Å²) in [7, 11) is 1.60. The van der Waals surface area contributed by atoms with Gasteiger partial charge in [0.25, 0.3) is 0 Å². The summed E-state index contributed by atoms with van der Waals surface area (Å²) < 4.78 is 22.7. The lowest BCUT2D eigenvalue weighted by Crippen LogP contribution is -2.47. The van der Waals surface area contributed by atoms with Gasteiger partial charge < -0.3 is 24.1 Å². The molecule has 0 amide bonds. The zero-order valence-corrected chi connectivity index (χ0v) is 15.8. The van der Waals surface area contributed by atoms with Crippen LogP contribution in [0.3, 0.4) is 0 Å². The first-order valence-corrected chi connectivity index (χ1v) is 9.27. The summed E-state index contributed by atoms with van der Waals surface area (Å²) in [6.07, 6.45) is 3.77. The number of ether oxygens (including phenoxy) is 4. The van der Waals surface area contributed by atoms with Gasteiger partial charge in [-0.25, -0.2) is 4.79 Å². The lowest BCUT2D eigenvalue weighted by molar-refractivity contribution is -0.141. The topological polar surface area (TPSA) is 74.2 Å². The van der Waals surface area contributed by atoms with Gasteiger partial charge in [-0.05, 0) is 44.8 Å². The zero-order chi connectivity index (χ0) is 19.3. The third-order valence-corrected chi connectivity index (χ3v) is 5.57. The lowest BCUT2D eigenvalue weighted by Gasteiger charge is -2.37. The van der Waals surface area contributed by atoms with Crippen molar-refractivity contribution >= 4 is 11.5 Å². The highest BCUT2D eigenvalue weighted by molar-refractivity contribution is 5.95. The number of hydrogen-bond donors (Lipinski definition) is 1. The summed E-state index contributed by atoms with van der Waals surface area (Å²) in [4.78, 5) is 12.1. The number of hydrogen-bond acceptors (Lipinski definition) is 6. The fraction of sp³-hybridized carbons (Fsp3) is 0.476. The molecule has 2 heterocycles. The van der Waals surface area contributed by atoms with Crippen LogP contribution in [0.15, 0.2) is 24.5 Å². The summed E-state index contributed by atoms with van der Waals surface area (Å²) >= 11 is 0. The first kappa shape index (κ1) is 17.9. The Labute approximate surface area is 158 Å². The first-order valence-electron chi connectivity index (χ1n) is 9.27. The average Bonchev–Trinajstić information content (AvgIpc) is 2.99. The van der Waals surface area contributed by atoms with Crippen molar-refractivity contribution < 1.29 is 28.8 Å². The maximum absolute atomic E-state index is 12.1. The van der Waals surface area contributed by atoms with Gasteiger partial charge in [-0.3, -0.25) is 0 Å². The van der Waals surface area contributed by atoms with E-state index >= 15 is 0 Å². The van der Waals surface area contributed by atoms with Gasteiger partial charge in [-0.15, -0.1) is 0 Å². The van der Waals surface area contributed by atoms with Crippen LogP contribution in [0.4, 0.5) is 0 Å². The average molecular weight is 372 g/mol. The summed E-state index contributed by atoms with van der Waals surface area (Å²) in [5, 5.41) is 10.8. The van der Waals surface area contributed by atoms with Crippen LogP contribution in [-0.4, -0.2) is 36.5 Å². The zero-order valence-electron chi connectivity index (χ0n) is 15.8. The van der Waals surface area contributed by atoms with E-state index < -0.39 is 11.6 Å². The maximum Gasteiger partial charge on any atom is 0.374 e. The molecule has 6 heteroatoms. The standard InChI is InChI=1S/C21H24O6/c1-5-25-20(22)15-9-11(2)16-13(26-15)10-14-17(18(16)24-4)12-7-6-8-21(3,23)19(12)27-14/h9-10,12,19,23H,2,5-8H2,1,3-4H3/t12-,19-,21+/m0/s1. The van der Waals surface area contributed by atoms with E-state index in [-0.39, 0.29) is 24.4 Å². The Morgan fingerprint density at radius 2 is 2.22 bits per heavy atom.